The number of nitrogens with one attached hydrogen (secondary N) is 2. The third-order valence-electron chi connectivity index (χ3n) is 11.8. The molecule has 4 N–H and O–H groups in total. The van der Waals surface area contributed by atoms with Crippen molar-refractivity contribution in [2.24, 2.45) is 23.5 Å². The third kappa shape index (κ3) is 10.5. The van der Waals surface area contributed by atoms with Crippen LogP contribution in [-0.4, -0.2) is 102 Å². The van der Waals surface area contributed by atoms with Gasteiger partial charge < -0.3 is 35.6 Å². The van der Waals surface area contributed by atoms with Crippen LogP contribution in [0.3, 0.4) is 0 Å². The van der Waals surface area contributed by atoms with E-state index in [0.717, 1.165) is 36.3 Å². The molecule has 4 rings (SSSR count). The summed E-state index contributed by atoms with van der Waals surface area (Å²) < 4.78 is 12.1. The molecular weight excluding hydrogens is 705 g/mol. The van der Waals surface area contributed by atoms with Crippen LogP contribution in [0.1, 0.15) is 103 Å². The number of rotatable bonds is 19. The highest BCUT2D eigenvalue weighted by Crippen LogP contribution is 2.31. The van der Waals surface area contributed by atoms with Crippen LogP contribution in [0, 0.1) is 17.8 Å². The van der Waals surface area contributed by atoms with Crippen LogP contribution < -0.4 is 16.4 Å². The zero-order chi connectivity index (χ0) is 39.6. The first-order valence-corrected chi connectivity index (χ1v) is 20.6. The van der Waals surface area contributed by atoms with Gasteiger partial charge >= 0.3 is 0 Å². The number of likely N-dealkylation sites (tertiary alicyclic amines) is 1. The van der Waals surface area contributed by atoms with Crippen molar-refractivity contribution in [2.45, 2.75) is 134 Å². The Balaban J connectivity index is 1.47. The van der Waals surface area contributed by atoms with E-state index >= 15 is 0 Å². The van der Waals surface area contributed by atoms with Crippen molar-refractivity contribution in [1.29, 1.82) is 0 Å². The molecule has 1 aromatic carbocycles. The number of nitrogens with two attached hydrogens (primary N) is 1. The Morgan fingerprint density at radius 3 is 2.30 bits per heavy atom. The number of carbonyl (C=O) groups is 4. The van der Waals surface area contributed by atoms with Crippen molar-refractivity contribution < 1.29 is 28.7 Å². The molecule has 0 spiro atoms. The highest BCUT2D eigenvalue weighted by Gasteiger charge is 2.44. The van der Waals surface area contributed by atoms with Crippen LogP contribution >= 0.6 is 11.3 Å². The van der Waals surface area contributed by atoms with Crippen LogP contribution in [0.2, 0.25) is 0 Å². The molecule has 1 saturated carbocycles. The molecule has 1 aliphatic heterocycles. The van der Waals surface area contributed by atoms with Crippen molar-refractivity contribution in [3.63, 3.8) is 0 Å². The molecule has 0 unspecified atom stereocenters. The summed E-state index contributed by atoms with van der Waals surface area (Å²) in [4.78, 5) is 63.7. The van der Waals surface area contributed by atoms with E-state index in [2.05, 4.69) is 29.5 Å². The van der Waals surface area contributed by atoms with Gasteiger partial charge in [0.1, 0.15) is 11.0 Å². The number of aromatic nitrogens is 1. The molecule has 0 bridgehead atoms. The fourth-order valence-corrected chi connectivity index (χ4v) is 9.01. The first kappa shape index (κ1) is 43.3. The molecule has 300 valence electrons. The Morgan fingerprint density at radius 2 is 1.72 bits per heavy atom. The van der Waals surface area contributed by atoms with Gasteiger partial charge in [0.05, 0.1) is 48.2 Å². The SMILES string of the molecule is CC[C@H](C)[C@@H]([C@@H](CC(=O)N1CCC[C@H]1[C@H](OC)[C@@H](C)C(=O)N[C@@H](Cc1ccccc1)c1nccs1)OC)N(C)C(=O)[C@@H](NC(=O)C1(N)CCCC1)C(C)C. The number of nitrogens with zero attached hydrogens (tertiary/aromatic N) is 3. The quantitative estimate of drug-likeness (QED) is 0.183. The number of likely N-dealkylation sites (N-methyl/N-ethyl adjacent to an activating group) is 1. The van der Waals surface area contributed by atoms with E-state index in [4.69, 9.17) is 15.2 Å². The summed E-state index contributed by atoms with van der Waals surface area (Å²) in [6, 6.07) is 8.18. The molecule has 1 aromatic heterocycles. The van der Waals surface area contributed by atoms with Crippen LogP contribution in [0.15, 0.2) is 41.9 Å². The predicted molar refractivity (Wildman–Crippen MR) is 211 cm³/mol. The highest BCUT2D eigenvalue weighted by atomic mass is 32.1. The predicted octanol–water partition coefficient (Wildman–Crippen LogP) is 4.88. The topological polar surface area (TPSA) is 156 Å². The van der Waals surface area contributed by atoms with Gasteiger partial charge in [-0.25, -0.2) is 4.98 Å². The summed E-state index contributed by atoms with van der Waals surface area (Å²) in [6.45, 7) is 10.3. The molecule has 2 aliphatic rings. The summed E-state index contributed by atoms with van der Waals surface area (Å²) in [7, 11) is 4.91. The lowest BCUT2D eigenvalue weighted by atomic mass is 9.89. The lowest BCUT2D eigenvalue weighted by Crippen LogP contribution is -2.61. The number of methoxy groups -OCH3 is 2. The van der Waals surface area contributed by atoms with Crippen molar-refractivity contribution in [1.82, 2.24) is 25.4 Å². The number of ether oxygens (including phenoxy) is 2. The van der Waals surface area contributed by atoms with Crippen molar-refractivity contribution in [2.75, 3.05) is 27.8 Å². The Hall–Kier alpha value is -3.39. The van der Waals surface area contributed by atoms with Crippen LogP contribution in [-0.2, 0) is 35.1 Å². The van der Waals surface area contributed by atoms with Gasteiger partial charge in [-0.1, -0.05) is 84.2 Å². The average molecular weight is 769 g/mol. The molecule has 0 radical (unpaired) electrons. The maximum absolute atomic E-state index is 14.3. The average Bonchev–Trinajstić information content (AvgIpc) is 3.97. The minimum absolute atomic E-state index is 0.0117. The summed E-state index contributed by atoms with van der Waals surface area (Å²) in [5, 5.41) is 8.95. The smallest absolute Gasteiger partial charge is 0.245 e. The first-order valence-electron chi connectivity index (χ1n) is 19.7. The molecule has 1 aliphatic carbocycles. The van der Waals surface area contributed by atoms with E-state index in [0.29, 0.717) is 32.2 Å². The van der Waals surface area contributed by atoms with Gasteiger partial charge in [-0.15, -0.1) is 11.3 Å². The number of carbonyl (C=O) groups excluding carboxylic acids is 4. The Bertz CT molecular complexity index is 1500. The van der Waals surface area contributed by atoms with Crippen molar-refractivity contribution in [3.05, 3.63) is 52.5 Å². The maximum Gasteiger partial charge on any atom is 0.245 e. The second-order valence-corrected chi connectivity index (χ2v) is 16.7. The standard InChI is InChI=1S/C41H64N6O6S/c1-9-27(4)35(46(6)39(50)34(26(2)3)45-40(51)41(42)19-13-14-20-41)32(52-7)25-33(48)47-22-15-18-31(47)36(53-8)28(5)37(49)44-30(38-43-21-23-54-38)24-29-16-11-10-12-17-29/h10-12,16-17,21,23,26-28,30-32,34-36H,9,13-15,18-20,22,24-25,42H2,1-8H3,(H,44,49)(H,45,51)/t27-,28+,30-,31-,32+,34-,35-,36+/m0/s1. The Kier molecular flexibility index (Phi) is 16.0. The third-order valence-corrected chi connectivity index (χ3v) is 12.7. The Labute approximate surface area is 326 Å². The number of hydrogen-bond acceptors (Lipinski definition) is 9. The van der Waals surface area contributed by atoms with Crippen LogP contribution in [0.25, 0.3) is 0 Å². The molecule has 2 heterocycles. The van der Waals surface area contributed by atoms with Crippen molar-refractivity contribution >= 4 is 35.0 Å². The molecular formula is C41H64N6O6S. The van der Waals surface area contributed by atoms with Gasteiger partial charge in [0, 0.05) is 39.4 Å². The molecule has 54 heavy (non-hydrogen) atoms. The summed E-state index contributed by atoms with van der Waals surface area (Å²) in [6.07, 6.45) is 6.45. The molecule has 13 heteroatoms. The summed E-state index contributed by atoms with van der Waals surface area (Å²) in [5.74, 6) is -1.54. The van der Waals surface area contributed by atoms with Gasteiger partial charge in [0.15, 0.2) is 0 Å². The Morgan fingerprint density at radius 1 is 1.04 bits per heavy atom. The van der Waals surface area contributed by atoms with Gasteiger partial charge in [0.2, 0.25) is 23.6 Å². The number of thiazole rings is 1. The minimum Gasteiger partial charge on any atom is -0.379 e. The fraction of sp³-hybridized carbons (Fsp3) is 0.683. The van der Waals surface area contributed by atoms with E-state index in [-0.39, 0.29) is 54.0 Å². The largest absolute Gasteiger partial charge is 0.379 e. The number of benzene rings is 1. The monoisotopic (exact) mass is 768 g/mol. The van der Waals surface area contributed by atoms with E-state index in [1.807, 2.05) is 61.4 Å². The molecule has 1 saturated heterocycles. The van der Waals surface area contributed by atoms with Crippen LogP contribution in [0.5, 0.6) is 0 Å². The number of hydrogen-bond donors (Lipinski definition) is 3. The van der Waals surface area contributed by atoms with Gasteiger partial charge in [0.25, 0.3) is 0 Å². The van der Waals surface area contributed by atoms with E-state index in [1.165, 1.54) is 11.3 Å². The molecule has 2 aromatic rings. The summed E-state index contributed by atoms with van der Waals surface area (Å²) >= 11 is 1.51. The zero-order valence-corrected chi connectivity index (χ0v) is 34.4. The lowest BCUT2D eigenvalue weighted by Gasteiger charge is -2.41. The lowest BCUT2D eigenvalue weighted by molar-refractivity contribution is -0.148. The van der Waals surface area contributed by atoms with E-state index in [9.17, 15) is 19.2 Å². The zero-order valence-electron chi connectivity index (χ0n) is 33.6. The molecule has 12 nitrogen and oxygen atoms in total. The van der Waals surface area contributed by atoms with Crippen molar-refractivity contribution in [3.8, 4) is 0 Å². The van der Waals surface area contributed by atoms with Gasteiger partial charge in [-0.05, 0) is 49.5 Å². The molecule has 8 atom stereocenters. The number of amides is 4. The van der Waals surface area contributed by atoms with Crippen LogP contribution in [0.4, 0.5) is 0 Å². The fourth-order valence-electron chi connectivity index (χ4n) is 8.32. The van der Waals surface area contributed by atoms with Gasteiger partial charge in [-0.3, -0.25) is 19.2 Å². The van der Waals surface area contributed by atoms with E-state index < -0.39 is 35.7 Å². The second-order valence-electron chi connectivity index (χ2n) is 15.8. The first-order chi connectivity index (χ1) is 25.8. The summed E-state index contributed by atoms with van der Waals surface area (Å²) in [5.41, 5.74) is 6.59. The highest BCUT2D eigenvalue weighted by molar-refractivity contribution is 7.09. The normalized spacial score (nSPS) is 20.8. The van der Waals surface area contributed by atoms with E-state index in [1.54, 1.807) is 32.4 Å². The van der Waals surface area contributed by atoms with Gasteiger partial charge in [-0.2, -0.15) is 0 Å². The second kappa shape index (κ2) is 20.0. The maximum atomic E-state index is 14.3. The minimum atomic E-state index is -0.959. The molecule has 2 fully saturated rings. The molecule has 4 amide bonds.